The molecule has 0 N–H and O–H groups in total. The van der Waals surface area contributed by atoms with Crippen LogP contribution in [-0.2, 0) is 16.2 Å². The van der Waals surface area contributed by atoms with Gasteiger partial charge in [0.2, 0.25) is 0 Å². The average Bonchev–Trinajstić information content (AvgIpc) is 1.29. The molecule has 19 aromatic rings. The third kappa shape index (κ3) is 10.2. The molecular weight excluding hydrogens is 1400 g/mol. The fourth-order valence-corrected chi connectivity index (χ4v) is 21.7. The van der Waals surface area contributed by atoms with Gasteiger partial charge >= 0.3 is 253 Å². The molecule has 0 saturated heterocycles. The normalized spacial score (nSPS) is 13.1. The molecule has 0 aliphatic carbocycles. The van der Waals surface area contributed by atoms with E-state index in [9.17, 15) is 0 Å². The molecule has 0 bridgehead atoms. The molecule has 4 nitrogen and oxygen atoms in total. The summed E-state index contributed by atoms with van der Waals surface area (Å²) < 4.78 is 10.7. The van der Waals surface area contributed by atoms with Crippen LogP contribution >= 0.6 is 11.3 Å². The third-order valence-corrected chi connectivity index (χ3v) is 27.0. The molecule has 0 atom stereocenters. The predicted molar refractivity (Wildman–Crippen MR) is 472 cm³/mol. The van der Waals surface area contributed by atoms with E-state index in [1.807, 2.05) is 11.3 Å². The summed E-state index contributed by atoms with van der Waals surface area (Å²) in [6, 6.07) is 122. The zero-order chi connectivity index (χ0) is 73.5. The molecule has 21 rings (SSSR count). The first kappa shape index (κ1) is 65.6. The van der Waals surface area contributed by atoms with Crippen LogP contribution in [0.15, 0.2) is 315 Å². The number of aromatic nitrogens is 2. The summed E-state index contributed by atoms with van der Waals surface area (Å²) in [6.45, 7) is 21.2. The summed E-state index contributed by atoms with van der Waals surface area (Å²) in [5.41, 5.74) is 30.0. The van der Waals surface area contributed by atoms with E-state index in [4.69, 9.17) is 0 Å². The minimum Gasteiger partial charge on any atom is -0.0622 e. The zero-order valence-corrected chi connectivity index (χ0v) is 65.2. The van der Waals surface area contributed by atoms with Crippen LogP contribution in [0.4, 0.5) is 34.1 Å². The average molecular weight is 1480 g/mol. The van der Waals surface area contributed by atoms with Crippen LogP contribution in [0.3, 0.4) is 0 Å². The minimum absolute atomic E-state index is 0.199. The van der Waals surface area contributed by atoms with Gasteiger partial charge in [0.1, 0.15) is 0 Å². The Balaban J connectivity index is 0.941. The SMILES string of the molecule is CC(C)(C)c1cc(-c2ccccc2)c(N2c3cc(-n4c5ccccc5c5c6c(ccc54)sc4ccccc46)ccc3B3c4ccc(-n5c6ccccc6c6c7c(ccc65)[se]c5ccccc57)cc4N(c4c(-c5ccccc5)cc(C(C)(C)C)cc4-c4ccccc4)c4cc(C(C)(C)C)cc2c43)c(-c2ccccc2)c1. The summed E-state index contributed by atoms with van der Waals surface area (Å²) in [5.74, 6) is 0. The second kappa shape index (κ2) is 24.4. The van der Waals surface area contributed by atoms with Gasteiger partial charge in [0, 0.05) is 47.8 Å². The number of hydrogen-bond acceptors (Lipinski definition) is 3. The second-order valence-corrected chi connectivity index (χ2v) is 36.5. The molecule has 0 saturated carbocycles. The molecule has 6 heterocycles. The number of fused-ring (bicyclic) bond motifs is 18. The van der Waals surface area contributed by atoms with Crippen LogP contribution in [0, 0.1) is 0 Å². The van der Waals surface area contributed by atoms with Gasteiger partial charge in [-0.05, 0) is 93.1 Å². The standard InChI is InChI=1S/C102H79BN4SSe/c1-100(2,3)66-54-75(62-30-14-10-15-31-62)98(76(55-66)63-32-16-11-17-33-63)106-85-60-69(104-81-42-26-22-38-71(81)93-83(104)50-52-90-95(93)73-40-24-28-44-89(73)108-90)46-48-79(85)103-80-49-47-70(105-82-43-27-23-39-72(82)94-84(105)51-53-92-96(94)74-41-25-29-45-91(74)109-92)61-86(80)107(88-59-68(102(7,8)9)58-87(106)97(88)103)99-77(64-34-18-12-19-35-64)56-67(101(4,5)6)57-78(99)65-36-20-13-21-37-65/h10-61H,1-9H3. The smallest absolute Gasteiger partial charge is 0.00668 e. The van der Waals surface area contributed by atoms with Crippen molar-refractivity contribution in [2.45, 2.75) is 78.6 Å². The Bertz CT molecular complexity index is 6450. The van der Waals surface area contributed by atoms with Crippen molar-refractivity contribution < 1.29 is 0 Å². The Morgan fingerprint density at radius 2 is 0.670 bits per heavy atom. The van der Waals surface area contributed by atoms with Crippen molar-refractivity contribution in [1.82, 2.24) is 9.13 Å². The fraction of sp³-hybridized carbons (Fsp3) is 0.118. The van der Waals surface area contributed by atoms with E-state index < -0.39 is 0 Å². The van der Waals surface area contributed by atoms with Crippen LogP contribution in [0.1, 0.15) is 79.0 Å². The Labute approximate surface area is 646 Å². The van der Waals surface area contributed by atoms with Crippen LogP contribution in [0.25, 0.3) is 139 Å². The van der Waals surface area contributed by atoms with E-state index in [1.54, 1.807) is 0 Å². The number of thiophene rings is 1. The number of hydrogen-bond donors (Lipinski definition) is 0. The maximum atomic E-state index is 2.76. The van der Waals surface area contributed by atoms with Gasteiger partial charge in [-0.15, -0.1) is 11.3 Å². The van der Waals surface area contributed by atoms with Crippen molar-refractivity contribution in [2.75, 3.05) is 9.80 Å². The second-order valence-electron chi connectivity index (χ2n) is 33.1. The Morgan fingerprint density at radius 3 is 1.13 bits per heavy atom. The first-order valence-electron chi connectivity index (χ1n) is 38.3. The molecule has 0 unspecified atom stereocenters. The number of anilines is 6. The van der Waals surface area contributed by atoms with Crippen molar-refractivity contribution in [1.29, 1.82) is 0 Å². The van der Waals surface area contributed by atoms with Crippen molar-refractivity contribution in [3.8, 4) is 55.9 Å². The quantitative estimate of drug-likeness (QED) is 0.141. The van der Waals surface area contributed by atoms with Gasteiger partial charge < -0.3 is 9.47 Å². The number of nitrogens with zero attached hydrogens (tertiary/aromatic N) is 4. The molecule has 7 heteroatoms. The largest absolute Gasteiger partial charge is 0.0622 e. The topological polar surface area (TPSA) is 16.3 Å². The molecule has 15 aromatic carbocycles. The first-order chi connectivity index (χ1) is 53.0. The van der Waals surface area contributed by atoms with Crippen molar-refractivity contribution in [3.63, 3.8) is 0 Å². The molecule has 2 aliphatic rings. The van der Waals surface area contributed by atoms with E-state index in [2.05, 4.69) is 397 Å². The summed E-state index contributed by atoms with van der Waals surface area (Å²) >= 11 is 2.09. The third-order valence-electron chi connectivity index (χ3n) is 23.5. The van der Waals surface area contributed by atoms with Gasteiger partial charge in [0.25, 0.3) is 0 Å². The number of benzene rings is 15. The summed E-state index contributed by atoms with van der Waals surface area (Å²) in [5, 5.41) is 10.5. The van der Waals surface area contributed by atoms with E-state index in [0.717, 1.165) is 67.8 Å². The van der Waals surface area contributed by atoms with Crippen molar-refractivity contribution in [2.24, 2.45) is 0 Å². The predicted octanol–water partition coefficient (Wildman–Crippen LogP) is 26.3. The van der Waals surface area contributed by atoms with Gasteiger partial charge in [0.15, 0.2) is 0 Å². The minimum atomic E-state index is -0.340. The maximum Gasteiger partial charge on any atom is 0.00668 e. The molecular formula is C102H79BN4SSe. The summed E-state index contributed by atoms with van der Waals surface area (Å²) in [4.78, 5) is 5.51. The van der Waals surface area contributed by atoms with Crippen LogP contribution < -0.4 is 26.2 Å². The Kier molecular flexibility index (Phi) is 14.7. The zero-order valence-electron chi connectivity index (χ0n) is 62.7. The molecule has 4 aromatic heterocycles. The molecule has 0 spiro atoms. The van der Waals surface area contributed by atoms with Gasteiger partial charge in [0.05, 0.1) is 16.7 Å². The van der Waals surface area contributed by atoms with E-state index >= 15 is 0 Å². The molecule has 0 radical (unpaired) electrons. The molecule has 109 heavy (non-hydrogen) atoms. The van der Waals surface area contributed by atoms with Gasteiger partial charge in [-0.3, -0.25) is 0 Å². The van der Waals surface area contributed by atoms with Crippen LogP contribution in [-0.4, -0.2) is 30.4 Å². The van der Waals surface area contributed by atoms with E-state index in [0.29, 0.717) is 0 Å². The maximum absolute atomic E-state index is 2.76. The molecule has 522 valence electrons. The first-order valence-corrected chi connectivity index (χ1v) is 40.9. The van der Waals surface area contributed by atoms with Gasteiger partial charge in [-0.25, -0.2) is 0 Å². The number of rotatable bonds is 8. The fourth-order valence-electron chi connectivity index (χ4n) is 18.2. The van der Waals surface area contributed by atoms with Crippen molar-refractivity contribution >= 4 is 166 Å². The summed E-state index contributed by atoms with van der Waals surface area (Å²) in [6.07, 6.45) is 0. The molecule has 0 amide bonds. The molecule has 2 aliphatic heterocycles. The summed E-state index contributed by atoms with van der Waals surface area (Å²) in [7, 11) is 0. The number of para-hydroxylation sites is 2. The Hall–Kier alpha value is -11.7. The van der Waals surface area contributed by atoms with Crippen molar-refractivity contribution in [3.05, 3.63) is 332 Å². The molecule has 0 fully saturated rings. The monoisotopic (exact) mass is 1480 g/mol. The van der Waals surface area contributed by atoms with Gasteiger partial charge in [-0.2, -0.15) is 0 Å². The van der Waals surface area contributed by atoms with Crippen LogP contribution in [0.2, 0.25) is 0 Å². The Morgan fingerprint density at radius 1 is 0.284 bits per heavy atom. The van der Waals surface area contributed by atoms with E-state index in [1.165, 1.54) is 138 Å². The van der Waals surface area contributed by atoms with Gasteiger partial charge in [-0.1, -0.05) is 220 Å². The van der Waals surface area contributed by atoms with Crippen LogP contribution in [0.5, 0.6) is 0 Å². The van der Waals surface area contributed by atoms with E-state index in [-0.39, 0.29) is 37.5 Å².